The van der Waals surface area contributed by atoms with E-state index in [0.29, 0.717) is 0 Å². The zero-order valence-corrected chi connectivity index (χ0v) is 10.1. The summed E-state index contributed by atoms with van der Waals surface area (Å²) in [6, 6.07) is 5.61. The van der Waals surface area contributed by atoms with Crippen molar-refractivity contribution in [1.82, 2.24) is 15.4 Å². The van der Waals surface area contributed by atoms with Crippen LogP contribution in [0.1, 0.15) is 32.1 Å². The summed E-state index contributed by atoms with van der Waals surface area (Å²) in [5.74, 6) is 0.270. The average Bonchev–Trinajstić information content (AvgIpc) is 2.89. The van der Waals surface area contributed by atoms with Crippen molar-refractivity contribution in [1.29, 1.82) is 0 Å². The minimum atomic E-state index is 0.116. The Labute approximate surface area is 105 Å². The van der Waals surface area contributed by atoms with E-state index in [1.54, 1.807) is 0 Å². The number of carbonyl (C=O) groups excluding carboxylic acids is 1. The van der Waals surface area contributed by atoms with Crippen molar-refractivity contribution in [2.24, 2.45) is 5.92 Å². The molecule has 18 heavy (non-hydrogen) atoms. The SMILES string of the molecule is O=C(Nc1cccc2n[nH]nc12)C1CCCCC1. The Kier molecular flexibility index (Phi) is 2.96. The summed E-state index contributed by atoms with van der Waals surface area (Å²) in [7, 11) is 0. The lowest BCUT2D eigenvalue weighted by molar-refractivity contribution is -0.120. The number of hydrogen-bond acceptors (Lipinski definition) is 3. The summed E-state index contributed by atoms with van der Waals surface area (Å²) in [5.41, 5.74) is 2.25. The van der Waals surface area contributed by atoms with Gasteiger partial charge in [-0.1, -0.05) is 25.3 Å². The Morgan fingerprint density at radius 1 is 1.22 bits per heavy atom. The number of aromatic amines is 1. The number of para-hydroxylation sites is 1. The van der Waals surface area contributed by atoms with Gasteiger partial charge in [0.25, 0.3) is 0 Å². The van der Waals surface area contributed by atoms with E-state index < -0.39 is 0 Å². The molecule has 0 bridgehead atoms. The van der Waals surface area contributed by atoms with Gasteiger partial charge < -0.3 is 5.32 Å². The van der Waals surface area contributed by atoms with Crippen LogP contribution in [-0.4, -0.2) is 21.3 Å². The number of carbonyl (C=O) groups is 1. The number of aromatic nitrogens is 3. The molecule has 0 unspecified atom stereocenters. The van der Waals surface area contributed by atoms with Crippen LogP contribution in [0.3, 0.4) is 0 Å². The van der Waals surface area contributed by atoms with Crippen LogP contribution in [0.15, 0.2) is 18.2 Å². The molecule has 1 aromatic carbocycles. The van der Waals surface area contributed by atoms with Gasteiger partial charge in [0.15, 0.2) is 0 Å². The highest BCUT2D eigenvalue weighted by Gasteiger charge is 2.21. The smallest absolute Gasteiger partial charge is 0.227 e. The largest absolute Gasteiger partial charge is 0.324 e. The molecule has 2 aromatic rings. The first-order valence-corrected chi connectivity index (χ1v) is 6.45. The molecule has 94 valence electrons. The maximum atomic E-state index is 12.2. The van der Waals surface area contributed by atoms with Crippen molar-refractivity contribution in [2.45, 2.75) is 32.1 Å². The van der Waals surface area contributed by atoms with Gasteiger partial charge in [0.2, 0.25) is 5.91 Å². The molecule has 1 aliphatic carbocycles. The molecule has 1 saturated carbocycles. The molecular formula is C13H16N4O. The molecule has 1 aliphatic rings. The highest BCUT2D eigenvalue weighted by atomic mass is 16.1. The van der Waals surface area contributed by atoms with Crippen LogP contribution in [0, 0.1) is 5.92 Å². The predicted octanol–water partition coefficient (Wildman–Crippen LogP) is 2.48. The topological polar surface area (TPSA) is 70.7 Å². The zero-order valence-electron chi connectivity index (χ0n) is 10.1. The fourth-order valence-corrected chi connectivity index (χ4v) is 2.57. The number of hydrogen-bond donors (Lipinski definition) is 2. The van der Waals surface area contributed by atoms with Gasteiger partial charge in [-0.15, -0.1) is 0 Å². The molecule has 3 rings (SSSR count). The highest BCUT2D eigenvalue weighted by molar-refractivity contribution is 6.00. The molecule has 1 aromatic heterocycles. The minimum Gasteiger partial charge on any atom is -0.324 e. The van der Waals surface area contributed by atoms with Crippen molar-refractivity contribution in [3.8, 4) is 0 Å². The van der Waals surface area contributed by atoms with Gasteiger partial charge >= 0.3 is 0 Å². The quantitative estimate of drug-likeness (QED) is 0.852. The van der Waals surface area contributed by atoms with E-state index in [1.165, 1.54) is 6.42 Å². The van der Waals surface area contributed by atoms with Gasteiger partial charge in [0.1, 0.15) is 11.0 Å². The first kappa shape index (κ1) is 11.2. The van der Waals surface area contributed by atoms with Gasteiger partial charge in [0.05, 0.1) is 5.69 Å². The van der Waals surface area contributed by atoms with Crippen LogP contribution in [0.25, 0.3) is 11.0 Å². The molecule has 5 nitrogen and oxygen atoms in total. The predicted molar refractivity (Wildman–Crippen MR) is 69.1 cm³/mol. The molecule has 0 spiro atoms. The molecule has 0 atom stereocenters. The van der Waals surface area contributed by atoms with Crippen molar-refractivity contribution in [3.63, 3.8) is 0 Å². The monoisotopic (exact) mass is 244 g/mol. The number of nitrogens with zero attached hydrogens (tertiary/aromatic N) is 2. The second-order valence-electron chi connectivity index (χ2n) is 4.82. The summed E-state index contributed by atoms with van der Waals surface area (Å²) < 4.78 is 0. The van der Waals surface area contributed by atoms with E-state index >= 15 is 0 Å². The maximum Gasteiger partial charge on any atom is 0.227 e. The molecule has 0 saturated heterocycles. The van der Waals surface area contributed by atoms with E-state index in [-0.39, 0.29) is 11.8 Å². The van der Waals surface area contributed by atoms with Gasteiger partial charge in [-0.2, -0.15) is 15.4 Å². The van der Waals surface area contributed by atoms with Crippen molar-refractivity contribution in [2.75, 3.05) is 5.32 Å². The van der Waals surface area contributed by atoms with Crippen molar-refractivity contribution >= 4 is 22.6 Å². The summed E-state index contributed by atoms with van der Waals surface area (Å²) in [4.78, 5) is 12.2. The minimum absolute atomic E-state index is 0.116. The third kappa shape index (κ3) is 2.08. The number of benzene rings is 1. The molecule has 1 heterocycles. The number of H-pyrrole nitrogens is 1. The Bertz CT molecular complexity index is 557. The summed E-state index contributed by atoms with van der Waals surface area (Å²) in [6.07, 6.45) is 5.57. The molecular weight excluding hydrogens is 228 g/mol. The van der Waals surface area contributed by atoms with Crippen LogP contribution in [0.4, 0.5) is 5.69 Å². The van der Waals surface area contributed by atoms with Crippen molar-refractivity contribution in [3.05, 3.63) is 18.2 Å². The van der Waals surface area contributed by atoms with Crippen molar-refractivity contribution < 1.29 is 4.79 Å². The Morgan fingerprint density at radius 3 is 2.89 bits per heavy atom. The van der Waals surface area contributed by atoms with Gasteiger partial charge in [-0.3, -0.25) is 4.79 Å². The maximum absolute atomic E-state index is 12.2. The second kappa shape index (κ2) is 4.76. The number of anilines is 1. The fourth-order valence-electron chi connectivity index (χ4n) is 2.57. The van der Waals surface area contributed by atoms with Crippen LogP contribution >= 0.6 is 0 Å². The van der Waals surface area contributed by atoms with Crippen LogP contribution in [0.2, 0.25) is 0 Å². The lowest BCUT2D eigenvalue weighted by Crippen LogP contribution is -2.24. The van der Waals surface area contributed by atoms with Gasteiger partial charge in [0, 0.05) is 5.92 Å². The van der Waals surface area contributed by atoms with Crippen LogP contribution in [0.5, 0.6) is 0 Å². The normalized spacial score (nSPS) is 16.9. The zero-order chi connectivity index (χ0) is 12.4. The Morgan fingerprint density at radius 2 is 2.06 bits per heavy atom. The van der Waals surface area contributed by atoms with E-state index in [4.69, 9.17) is 0 Å². The lowest BCUT2D eigenvalue weighted by Gasteiger charge is -2.20. The van der Waals surface area contributed by atoms with Crippen LogP contribution < -0.4 is 5.32 Å². The molecule has 1 amide bonds. The summed E-state index contributed by atoms with van der Waals surface area (Å²) >= 11 is 0. The third-order valence-electron chi connectivity index (χ3n) is 3.58. The van der Waals surface area contributed by atoms with E-state index in [1.807, 2.05) is 18.2 Å². The molecule has 0 aliphatic heterocycles. The molecule has 0 radical (unpaired) electrons. The van der Waals surface area contributed by atoms with E-state index in [0.717, 1.165) is 42.4 Å². The summed E-state index contributed by atoms with van der Waals surface area (Å²) in [5, 5.41) is 13.6. The molecule has 5 heteroatoms. The Balaban J connectivity index is 1.79. The number of nitrogens with one attached hydrogen (secondary N) is 2. The molecule has 1 fully saturated rings. The van der Waals surface area contributed by atoms with Gasteiger partial charge in [-0.25, -0.2) is 0 Å². The lowest BCUT2D eigenvalue weighted by atomic mass is 9.88. The van der Waals surface area contributed by atoms with Gasteiger partial charge in [-0.05, 0) is 25.0 Å². The number of rotatable bonds is 2. The Hall–Kier alpha value is -1.91. The molecule has 2 N–H and O–H groups in total. The average molecular weight is 244 g/mol. The first-order chi connectivity index (χ1) is 8.84. The fraction of sp³-hybridized carbons (Fsp3) is 0.462. The third-order valence-corrected chi connectivity index (χ3v) is 3.58. The standard InChI is InChI=1S/C13H16N4O/c18-13(9-5-2-1-3-6-9)14-10-7-4-8-11-12(10)16-17-15-11/h4,7-9H,1-3,5-6H2,(H,14,18)(H,15,16,17). The second-order valence-corrected chi connectivity index (χ2v) is 4.82. The van der Waals surface area contributed by atoms with E-state index in [2.05, 4.69) is 20.7 Å². The first-order valence-electron chi connectivity index (χ1n) is 6.45. The number of fused-ring (bicyclic) bond motifs is 1. The summed E-state index contributed by atoms with van der Waals surface area (Å²) in [6.45, 7) is 0. The highest BCUT2D eigenvalue weighted by Crippen LogP contribution is 2.26. The van der Waals surface area contributed by atoms with Crippen LogP contribution in [-0.2, 0) is 4.79 Å². The number of amides is 1. The van der Waals surface area contributed by atoms with E-state index in [9.17, 15) is 4.79 Å².